The first-order valence-corrected chi connectivity index (χ1v) is 9.78. The minimum atomic E-state index is 0.492. The van der Waals surface area contributed by atoms with Gasteiger partial charge in [0.25, 0.3) is 0 Å². The summed E-state index contributed by atoms with van der Waals surface area (Å²) >= 11 is 3.13. The first kappa shape index (κ1) is 16.2. The van der Waals surface area contributed by atoms with Crippen molar-refractivity contribution in [2.45, 2.75) is 29.7 Å². The molecule has 0 spiro atoms. The quantitative estimate of drug-likeness (QED) is 0.484. The molecular weight excluding hydrogens is 356 g/mol. The molecule has 0 radical (unpaired) electrons. The standard InChI is InChI=1S/C16H18N6OS2/c1-23-13-6-4-11(5-7-13)18-15-19-12(8-24-15)9-25-16-21-20-14(22(16)17)10-2-3-10/h4-8,10H,2-3,9,17H2,1H3,(H,18,19). The van der Waals surface area contributed by atoms with Crippen molar-refractivity contribution in [2.75, 3.05) is 18.3 Å². The van der Waals surface area contributed by atoms with Crippen molar-refractivity contribution in [3.8, 4) is 5.75 Å². The van der Waals surface area contributed by atoms with Crippen LogP contribution < -0.4 is 15.9 Å². The first-order chi connectivity index (χ1) is 12.2. The Kier molecular flexibility index (Phi) is 4.50. The van der Waals surface area contributed by atoms with E-state index < -0.39 is 0 Å². The molecule has 0 bridgehead atoms. The molecule has 130 valence electrons. The second kappa shape index (κ2) is 6.93. The second-order valence-corrected chi connectivity index (χ2v) is 7.57. The molecule has 0 aliphatic heterocycles. The van der Waals surface area contributed by atoms with Crippen LogP contribution in [0.1, 0.15) is 30.3 Å². The predicted octanol–water partition coefficient (Wildman–Crippen LogP) is 3.37. The van der Waals surface area contributed by atoms with Gasteiger partial charge in [0.1, 0.15) is 5.75 Å². The molecule has 0 atom stereocenters. The summed E-state index contributed by atoms with van der Waals surface area (Å²) < 4.78 is 6.78. The van der Waals surface area contributed by atoms with Crippen LogP contribution in [0.5, 0.6) is 5.75 Å². The molecule has 2 aromatic heterocycles. The van der Waals surface area contributed by atoms with Crippen LogP contribution >= 0.6 is 23.1 Å². The maximum Gasteiger partial charge on any atom is 0.210 e. The van der Waals surface area contributed by atoms with E-state index in [9.17, 15) is 0 Å². The van der Waals surface area contributed by atoms with Crippen molar-refractivity contribution in [3.05, 3.63) is 41.2 Å². The van der Waals surface area contributed by atoms with Crippen LogP contribution in [0.3, 0.4) is 0 Å². The molecule has 1 saturated carbocycles. The summed E-state index contributed by atoms with van der Waals surface area (Å²) in [5, 5.41) is 15.3. The third-order valence-electron chi connectivity index (χ3n) is 3.88. The van der Waals surface area contributed by atoms with Crippen LogP contribution in [0.25, 0.3) is 0 Å². The molecule has 0 unspecified atom stereocenters. The number of nitrogens with zero attached hydrogens (tertiary/aromatic N) is 4. The molecule has 3 aromatic rings. The lowest BCUT2D eigenvalue weighted by Crippen LogP contribution is -2.13. The number of thiazole rings is 1. The average molecular weight is 374 g/mol. The average Bonchev–Trinajstić information content (AvgIpc) is 3.27. The van der Waals surface area contributed by atoms with E-state index in [-0.39, 0.29) is 0 Å². The molecule has 2 heterocycles. The molecule has 9 heteroatoms. The highest BCUT2D eigenvalue weighted by atomic mass is 32.2. The number of benzene rings is 1. The Morgan fingerprint density at radius 1 is 1.32 bits per heavy atom. The van der Waals surface area contributed by atoms with Crippen LogP contribution in [0.15, 0.2) is 34.8 Å². The Labute approximate surface area is 153 Å². The molecule has 1 aromatic carbocycles. The van der Waals surface area contributed by atoms with E-state index in [1.165, 1.54) is 0 Å². The lowest BCUT2D eigenvalue weighted by Gasteiger charge is -2.04. The summed E-state index contributed by atoms with van der Waals surface area (Å²) in [7, 11) is 1.66. The number of aromatic nitrogens is 4. The van der Waals surface area contributed by atoms with Gasteiger partial charge in [0, 0.05) is 22.7 Å². The zero-order valence-corrected chi connectivity index (χ0v) is 15.3. The minimum Gasteiger partial charge on any atom is -0.497 e. The zero-order valence-electron chi connectivity index (χ0n) is 13.7. The molecule has 1 aliphatic rings. The SMILES string of the molecule is COc1ccc(Nc2nc(CSc3nnc(C4CC4)n3N)cs2)cc1. The van der Waals surface area contributed by atoms with Crippen molar-refractivity contribution < 1.29 is 4.74 Å². The maximum absolute atomic E-state index is 6.07. The van der Waals surface area contributed by atoms with E-state index in [2.05, 4.69) is 20.5 Å². The number of rotatable bonds is 7. The fourth-order valence-corrected chi connectivity index (χ4v) is 3.97. The number of nitrogen functional groups attached to an aromatic ring is 1. The van der Waals surface area contributed by atoms with Gasteiger partial charge >= 0.3 is 0 Å². The Morgan fingerprint density at radius 2 is 2.12 bits per heavy atom. The van der Waals surface area contributed by atoms with E-state index in [4.69, 9.17) is 10.6 Å². The van der Waals surface area contributed by atoms with Crippen molar-refractivity contribution in [3.63, 3.8) is 0 Å². The molecule has 3 N–H and O–H groups in total. The van der Waals surface area contributed by atoms with Gasteiger partial charge in [-0.1, -0.05) is 11.8 Å². The summed E-state index contributed by atoms with van der Waals surface area (Å²) in [5.74, 6) is 8.99. The number of hydrogen-bond acceptors (Lipinski definition) is 8. The van der Waals surface area contributed by atoms with E-state index in [0.29, 0.717) is 11.7 Å². The van der Waals surface area contributed by atoms with Crippen LogP contribution in [0.4, 0.5) is 10.8 Å². The van der Waals surface area contributed by atoms with Gasteiger partial charge in [0.15, 0.2) is 11.0 Å². The fourth-order valence-electron chi connectivity index (χ4n) is 2.37. The van der Waals surface area contributed by atoms with Crippen molar-refractivity contribution in [2.24, 2.45) is 0 Å². The third-order valence-corrected chi connectivity index (χ3v) is 5.66. The highest BCUT2D eigenvalue weighted by Crippen LogP contribution is 2.39. The number of thioether (sulfide) groups is 1. The summed E-state index contributed by atoms with van der Waals surface area (Å²) in [6.45, 7) is 0. The molecule has 1 fully saturated rings. The van der Waals surface area contributed by atoms with Crippen molar-refractivity contribution in [1.82, 2.24) is 19.9 Å². The molecule has 0 amide bonds. The molecule has 7 nitrogen and oxygen atoms in total. The van der Waals surface area contributed by atoms with E-state index >= 15 is 0 Å². The molecule has 0 saturated heterocycles. The Bertz CT molecular complexity index is 856. The van der Waals surface area contributed by atoms with Gasteiger partial charge in [0.2, 0.25) is 5.16 Å². The topological polar surface area (TPSA) is 90.9 Å². The fraction of sp³-hybridized carbons (Fsp3) is 0.312. The number of anilines is 2. The highest BCUT2D eigenvalue weighted by molar-refractivity contribution is 7.98. The highest BCUT2D eigenvalue weighted by Gasteiger charge is 2.29. The maximum atomic E-state index is 6.07. The number of ether oxygens (including phenoxy) is 1. The first-order valence-electron chi connectivity index (χ1n) is 7.91. The summed E-state index contributed by atoms with van der Waals surface area (Å²) in [6, 6.07) is 7.76. The molecular formula is C16H18N6OS2. The molecule has 1 aliphatic carbocycles. The summed E-state index contributed by atoms with van der Waals surface area (Å²) in [4.78, 5) is 4.60. The Balaban J connectivity index is 1.36. The van der Waals surface area contributed by atoms with Crippen LogP contribution in [0, 0.1) is 0 Å². The van der Waals surface area contributed by atoms with Gasteiger partial charge in [-0.2, -0.15) is 0 Å². The van der Waals surface area contributed by atoms with Gasteiger partial charge in [-0.3, -0.25) is 0 Å². The van der Waals surface area contributed by atoms with Gasteiger partial charge in [0.05, 0.1) is 12.8 Å². The summed E-state index contributed by atoms with van der Waals surface area (Å²) in [5.41, 5.74) is 1.96. The Hall–Kier alpha value is -2.26. The van der Waals surface area contributed by atoms with E-state index in [1.54, 1.807) is 34.9 Å². The third kappa shape index (κ3) is 3.72. The smallest absolute Gasteiger partial charge is 0.210 e. The van der Waals surface area contributed by atoms with Crippen molar-refractivity contribution in [1.29, 1.82) is 0 Å². The number of nitrogens with two attached hydrogens (primary N) is 1. The number of hydrogen-bond donors (Lipinski definition) is 2. The van der Waals surface area contributed by atoms with Gasteiger partial charge in [-0.25, -0.2) is 9.66 Å². The van der Waals surface area contributed by atoms with Crippen molar-refractivity contribution >= 4 is 33.9 Å². The monoisotopic (exact) mass is 374 g/mol. The van der Waals surface area contributed by atoms with Crippen LogP contribution in [-0.4, -0.2) is 27.0 Å². The predicted molar refractivity (Wildman–Crippen MR) is 100 cm³/mol. The van der Waals surface area contributed by atoms with Gasteiger partial charge in [-0.15, -0.1) is 21.5 Å². The van der Waals surface area contributed by atoms with Gasteiger partial charge < -0.3 is 15.9 Å². The van der Waals surface area contributed by atoms with Crippen LogP contribution in [-0.2, 0) is 5.75 Å². The number of nitrogens with one attached hydrogen (secondary N) is 1. The second-order valence-electron chi connectivity index (χ2n) is 5.77. The molecule has 25 heavy (non-hydrogen) atoms. The summed E-state index contributed by atoms with van der Waals surface area (Å²) in [6.07, 6.45) is 2.32. The van der Waals surface area contributed by atoms with E-state index in [1.807, 2.05) is 29.6 Å². The lowest BCUT2D eigenvalue weighted by molar-refractivity contribution is 0.415. The van der Waals surface area contributed by atoms with Crippen LogP contribution in [0.2, 0.25) is 0 Å². The zero-order chi connectivity index (χ0) is 17.2. The number of methoxy groups -OCH3 is 1. The minimum absolute atomic E-state index is 0.492. The molecule has 4 rings (SSSR count). The van der Waals surface area contributed by atoms with Gasteiger partial charge in [-0.05, 0) is 37.1 Å². The lowest BCUT2D eigenvalue weighted by atomic mass is 10.3. The largest absolute Gasteiger partial charge is 0.497 e. The normalized spacial score (nSPS) is 13.8. The Morgan fingerprint density at radius 3 is 2.84 bits per heavy atom. The van der Waals surface area contributed by atoms with E-state index in [0.717, 1.165) is 46.1 Å².